The first kappa shape index (κ1) is 13.6. The maximum atomic E-state index is 2.46. The zero-order valence-electron chi connectivity index (χ0n) is 14.3. The third-order valence-corrected chi connectivity index (χ3v) is 7.63. The first-order chi connectivity index (χ1) is 9.21. The third kappa shape index (κ3) is 1.53. The highest BCUT2D eigenvalue weighted by Gasteiger charge is 2.72. The minimum absolute atomic E-state index is 0.966. The van der Waals surface area contributed by atoms with Crippen LogP contribution in [0.3, 0.4) is 0 Å². The molecule has 20 heavy (non-hydrogen) atoms. The summed E-state index contributed by atoms with van der Waals surface area (Å²) in [6.07, 6.45) is 6.13. The molecule has 8 atom stereocenters. The van der Waals surface area contributed by atoms with Crippen LogP contribution in [0, 0.1) is 35.5 Å². The zero-order valence-corrected chi connectivity index (χ0v) is 14.3. The van der Waals surface area contributed by atoms with Gasteiger partial charge in [-0.25, -0.2) is 0 Å². The fraction of sp³-hybridized carbons (Fsp3) is 1.00. The lowest BCUT2D eigenvalue weighted by atomic mass is 9.90. The van der Waals surface area contributed by atoms with Crippen molar-refractivity contribution in [3.63, 3.8) is 0 Å². The largest absolute Gasteiger partial charge is 0.328 e. The van der Waals surface area contributed by atoms with Gasteiger partial charge in [-0.2, -0.15) is 0 Å². The van der Waals surface area contributed by atoms with Crippen LogP contribution in [-0.2, 0) is 0 Å². The Hall–Kier alpha value is -0.0800. The van der Waals surface area contributed by atoms with Gasteiger partial charge in [0.05, 0.1) is 54.4 Å². The van der Waals surface area contributed by atoms with Crippen LogP contribution in [0.25, 0.3) is 0 Å². The monoisotopic (exact) mass is 278 g/mol. The van der Waals surface area contributed by atoms with E-state index in [4.69, 9.17) is 0 Å². The van der Waals surface area contributed by atoms with E-state index in [1.165, 1.54) is 34.6 Å². The van der Waals surface area contributed by atoms with Gasteiger partial charge in [-0.3, -0.25) is 0 Å². The molecular weight excluding hydrogens is 244 g/mol. The van der Waals surface area contributed by atoms with Crippen LogP contribution in [0.2, 0.25) is 0 Å². The van der Waals surface area contributed by atoms with Crippen molar-refractivity contribution in [1.82, 2.24) is 0 Å². The Kier molecular flexibility index (Phi) is 2.59. The second kappa shape index (κ2) is 3.81. The van der Waals surface area contributed by atoms with Gasteiger partial charge in [0.2, 0.25) is 0 Å². The summed E-state index contributed by atoms with van der Waals surface area (Å²) in [4.78, 5) is 0. The highest BCUT2D eigenvalue weighted by molar-refractivity contribution is 5.16. The molecule has 2 heteroatoms. The Morgan fingerprint density at radius 1 is 0.500 bits per heavy atom. The zero-order chi connectivity index (χ0) is 14.4. The molecule has 4 rings (SSSR count). The van der Waals surface area contributed by atoms with Gasteiger partial charge in [-0.15, -0.1) is 0 Å². The lowest BCUT2D eigenvalue weighted by Gasteiger charge is -2.39. The molecule has 0 aromatic carbocycles. The van der Waals surface area contributed by atoms with Gasteiger partial charge >= 0.3 is 0 Å². The van der Waals surface area contributed by atoms with E-state index < -0.39 is 0 Å². The van der Waals surface area contributed by atoms with Crippen molar-refractivity contribution < 1.29 is 8.97 Å². The molecule has 4 aliphatic rings. The first-order valence-corrected chi connectivity index (χ1v) is 8.83. The molecule has 0 aliphatic heterocycles. The van der Waals surface area contributed by atoms with E-state index in [9.17, 15) is 0 Å². The Morgan fingerprint density at radius 3 is 0.950 bits per heavy atom. The van der Waals surface area contributed by atoms with Crippen molar-refractivity contribution in [1.29, 1.82) is 0 Å². The highest BCUT2D eigenvalue weighted by Crippen LogP contribution is 2.69. The van der Waals surface area contributed by atoms with Gasteiger partial charge in [0.25, 0.3) is 0 Å². The fourth-order valence-corrected chi connectivity index (χ4v) is 7.84. The van der Waals surface area contributed by atoms with Crippen molar-refractivity contribution in [2.24, 2.45) is 35.5 Å². The summed E-state index contributed by atoms with van der Waals surface area (Å²) in [7, 11) is 14.8. The molecule has 0 aromatic rings. The minimum atomic E-state index is 0.966. The predicted octanol–water partition coefficient (Wildman–Crippen LogP) is 2.45. The molecule has 0 radical (unpaired) electrons. The Bertz CT molecular complexity index is 352. The van der Waals surface area contributed by atoms with Gasteiger partial charge in [0, 0.05) is 23.7 Å². The number of hydrogen-bond donors (Lipinski definition) is 0. The quantitative estimate of drug-likeness (QED) is 0.681. The van der Waals surface area contributed by atoms with Crippen molar-refractivity contribution in [2.75, 3.05) is 42.3 Å². The number of nitrogens with zero attached hydrogens (tertiary/aromatic N) is 2. The second-order valence-corrected chi connectivity index (χ2v) is 10.2. The summed E-state index contributed by atoms with van der Waals surface area (Å²) < 4.78 is 2.44. The number of rotatable bonds is 2. The van der Waals surface area contributed by atoms with E-state index in [1.807, 2.05) is 0 Å². The topological polar surface area (TPSA) is 0 Å². The van der Waals surface area contributed by atoms with E-state index in [2.05, 4.69) is 42.3 Å². The average molecular weight is 278 g/mol. The van der Waals surface area contributed by atoms with Crippen LogP contribution in [-0.4, -0.2) is 63.3 Å². The average Bonchev–Trinajstić information content (AvgIpc) is 2.92. The predicted molar refractivity (Wildman–Crippen MR) is 83.0 cm³/mol. The summed E-state index contributed by atoms with van der Waals surface area (Å²) in [5, 5.41) is 0. The molecule has 4 unspecified atom stereocenters. The summed E-state index contributed by atoms with van der Waals surface area (Å²) in [5.74, 6) is 6.39. The van der Waals surface area contributed by atoms with E-state index in [0.717, 1.165) is 47.6 Å². The summed E-state index contributed by atoms with van der Waals surface area (Å²) >= 11 is 0. The summed E-state index contributed by atoms with van der Waals surface area (Å²) in [6.45, 7) is 0. The lowest BCUT2D eigenvalue weighted by molar-refractivity contribution is -0.905. The van der Waals surface area contributed by atoms with Gasteiger partial charge in [0.1, 0.15) is 0 Å². The smallest absolute Gasteiger partial charge is 0.0946 e. The van der Waals surface area contributed by atoms with Gasteiger partial charge in [-0.05, 0) is 37.5 Å². The molecule has 0 bridgehead atoms. The molecular formula is C18H34N2+2. The molecule has 0 N–H and O–H groups in total. The maximum Gasteiger partial charge on any atom is 0.0946 e. The second-order valence-electron chi connectivity index (χ2n) is 10.2. The summed E-state index contributed by atoms with van der Waals surface area (Å²) in [6, 6.07) is 1.93. The van der Waals surface area contributed by atoms with Crippen LogP contribution in [0.5, 0.6) is 0 Å². The fourth-order valence-electron chi connectivity index (χ4n) is 7.84. The number of quaternary nitrogens is 2. The molecule has 4 fully saturated rings. The van der Waals surface area contributed by atoms with Crippen molar-refractivity contribution in [3.05, 3.63) is 0 Å². The van der Waals surface area contributed by atoms with E-state index in [1.54, 1.807) is 0 Å². The minimum Gasteiger partial charge on any atom is -0.328 e. The molecule has 0 heterocycles. The van der Waals surface area contributed by atoms with Gasteiger partial charge in [-0.1, -0.05) is 0 Å². The highest BCUT2D eigenvalue weighted by atomic mass is 15.3. The lowest BCUT2D eigenvalue weighted by Crippen LogP contribution is -2.52. The van der Waals surface area contributed by atoms with Crippen LogP contribution in [0.1, 0.15) is 25.7 Å². The summed E-state index contributed by atoms with van der Waals surface area (Å²) in [5.41, 5.74) is 0. The Morgan fingerprint density at radius 2 is 0.750 bits per heavy atom. The van der Waals surface area contributed by atoms with Crippen molar-refractivity contribution in [3.8, 4) is 0 Å². The molecule has 2 nitrogen and oxygen atoms in total. The van der Waals surface area contributed by atoms with Crippen LogP contribution in [0.4, 0.5) is 0 Å². The molecule has 4 aliphatic carbocycles. The van der Waals surface area contributed by atoms with Crippen LogP contribution in [0.15, 0.2) is 0 Å². The first-order valence-electron chi connectivity index (χ1n) is 8.83. The molecule has 0 aromatic heterocycles. The molecule has 4 saturated carbocycles. The van der Waals surface area contributed by atoms with Crippen molar-refractivity contribution >= 4 is 0 Å². The van der Waals surface area contributed by atoms with Crippen LogP contribution >= 0.6 is 0 Å². The molecule has 0 spiro atoms. The third-order valence-electron chi connectivity index (χ3n) is 7.63. The standard InChI is InChI=1S/C18H34N2/c1-19(2,3)17-11-7-9-13-15(11)16-12(17)8-10-14(16)18(13)20(4,5)6/h11-18H,7-10H2,1-6H3/q+2/t11-,12-,13-,14+,15?,16?,17?,18?/m1/s1. The van der Waals surface area contributed by atoms with E-state index in [-0.39, 0.29) is 0 Å². The van der Waals surface area contributed by atoms with E-state index >= 15 is 0 Å². The Balaban J connectivity index is 1.74. The van der Waals surface area contributed by atoms with Gasteiger partial charge in [0.15, 0.2) is 0 Å². The SMILES string of the molecule is C[N+](C)(C)C1[C@@H]2CC[C@@H]3C2C2[C@H]1CC[C@@H]2C3[N+](C)(C)C. The van der Waals surface area contributed by atoms with Crippen LogP contribution < -0.4 is 0 Å². The number of hydrogen-bond acceptors (Lipinski definition) is 0. The maximum absolute atomic E-state index is 2.46. The Labute approximate surface area is 125 Å². The normalized spacial score (nSPS) is 53.7. The molecule has 0 saturated heterocycles. The van der Waals surface area contributed by atoms with Gasteiger partial charge < -0.3 is 8.97 Å². The van der Waals surface area contributed by atoms with Crippen molar-refractivity contribution in [2.45, 2.75) is 37.8 Å². The molecule has 0 amide bonds. The molecule has 114 valence electrons. The van der Waals surface area contributed by atoms with E-state index in [0.29, 0.717) is 0 Å².